The number of nitrogens with two attached hydrogens (primary N) is 1. The largest absolute Gasteiger partial charge is 0.327 e. The van der Waals surface area contributed by atoms with Gasteiger partial charge < -0.3 is 5.73 Å². The standard InChI is InChI=1S/C14H23N3S/c1-4-11-5-6-12(15)13(8-11)18-14-16-9(2)7-10(3)17-14/h7,11-13H,4-6,8,15H2,1-3H3. The van der Waals surface area contributed by atoms with Crippen molar-refractivity contribution in [3.05, 3.63) is 17.5 Å². The van der Waals surface area contributed by atoms with Crippen molar-refractivity contribution in [3.63, 3.8) is 0 Å². The molecule has 2 rings (SSSR count). The van der Waals surface area contributed by atoms with Crippen molar-refractivity contribution in [1.82, 2.24) is 9.97 Å². The zero-order valence-corrected chi connectivity index (χ0v) is 12.3. The normalized spacial score (nSPS) is 28.3. The van der Waals surface area contributed by atoms with E-state index in [1.165, 1.54) is 19.3 Å². The summed E-state index contributed by atoms with van der Waals surface area (Å²) in [6, 6.07) is 2.31. The molecule has 100 valence electrons. The number of thioether (sulfide) groups is 1. The van der Waals surface area contributed by atoms with Gasteiger partial charge in [0.1, 0.15) is 0 Å². The van der Waals surface area contributed by atoms with Crippen LogP contribution in [0.2, 0.25) is 0 Å². The van der Waals surface area contributed by atoms with Gasteiger partial charge in [-0.25, -0.2) is 9.97 Å². The third-order valence-corrected chi connectivity index (χ3v) is 4.99. The molecule has 1 aliphatic rings. The lowest BCUT2D eigenvalue weighted by molar-refractivity contribution is 0.327. The summed E-state index contributed by atoms with van der Waals surface area (Å²) in [5.74, 6) is 0.827. The second-order valence-electron chi connectivity index (χ2n) is 5.34. The minimum Gasteiger partial charge on any atom is -0.327 e. The summed E-state index contributed by atoms with van der Waals surface area (Å²) in [7, 11) is 0. The van der Waals surface area contributed by atoms with Gasteiger partial charge in [-0.05, 0) is 45.1 Å². The molecule has 18 heavy (non-hydrogen) atoms. The van der Waals surface area contributed by atoms with Crippen molar-refractivity contribution in [2.45, 2.75) is 62.9 Å². The van der Waals surface area contributed by atoms with Crippen LogP contribution in [0.5, 0.6) is 0 Å². The molecule has 0 radical (unpaired) electrons. The molecule has 1 saturated carbocycles. The van der Waals surface area contributed by atoms with E-state index in [9.17, 15) is 0 Å². The van der Waals surface area contributed by atoms with E-state index in [0.717, 1.165) is 28.9 Å². The van der Waals surface area contributed by atoms with Crippen molar-refractivity contribution in [2.24, 2.45) is 11.7 Å². The van der Waals surface area contributed by atoms with E-state index in [1.807, 2.05) is 19.9 Å². The summed E-state index contributed by atoms with van der Waals surface area (Å²) in [6.07, 6.45) is 4.89. The van der Waals surface area contributed by atoms with Gasteiger partial charge in [0.05, 0.1) is 0 Å². The number of hydrogen-bond acceptors (Lipinski definition) is 4. The predicted molar refractivity (Wildman–Crippen MR) is 76.8 cm³/mol. The molecule has 2 N–H and O–H groups in total. The van der Waals surface area contributed by atoms with E-state index in [-0.39, 0.29) is 0 Å². The molecule has 3 atom stereocenters. The summed E-state index contributed by atoms with van der Waals surface area (Å²) < 4.78 is 0. The molecule has 0 saturated heterocycles. The van der Waals surface area contributed by atoms with E-state index in [4.69, 9.17) is 5.73 Å². The summed E-state index contributed by atoms with van der Waals surface area (Å²) in [4.78, 5) is 9.02. The summed E-state index contributed by atoms with van der Waals surface area (Å²) in [5.41, 5.74) is 8.33. The van der Waals surface area contributed by atoms with Crippen LogP contribution in [0.4, 0.5) is 0 Å². The Kier molecular flexibility index (Phi) is 4.62. The van der Waals surface area contributed by atoms with E-state index >= 15 is 0 Å². The van der Waals surface area contributed by atoms with Crippen LogP contribution in [0.3, 0.4) is 0 Å². The fourth-order valence-electron chi connectivity index (χ4n) is 2.62. The van der Waals surface area contributed by atoms with Gasteiger partial charge in [-0.3, -0.25) is 0 Å². The van der Waals surface area contributed by atoms with Crippen molar-refractivity contribution in [3.8, 4) is 0 Å². The Bertz CT molecular complexity index is 388. The Morgan fingerprint density at radius 2 is 1.94 bits per heavy atom. The van der Waals surface area contributed by atoms with Crippen molar-refractivity contribution in [1.29, 1.82) is 0 Å². The molecular formula is C14H23N3S. The highest BCUT2D eigenvalue weighted by Crippen LogP contribution is 2.35. The van der Waals surface area contributed by atoms with Gasteiger partial charge in [0.2, 0.25) is 0 Å². The molecule has 1 aliphatic carbocycles. The number of rotatable bonds is 3. The first kappa shape index (κ1) is 13.8. The van der Waals surface area contributed by atoms with Crippen LogP contribution < -0.4 is 5.73 Å². The van der Waals surface area contributed by atoms with Crippen molar-refractivity contribution >= 4 is 11.8 Å². The maximum atomic E-state index is 6.24. The molecule has 0 spiro atoms. The maximum Gasteiger partial charge on any atom is 0.188 e. The first-order valence-electron chi connectivity index (χ1n) is 6.83. The van der Waals surface area contributed by atoms with Gasteiger partial charge in [0, 0.05) is 22.7 Å². The highest BCUT2D eigenvalue weighted by Gasteiger charge is 2.28. The quantitative estimate of drug-likeness (QED) is 0.853. The number of aromatic nitrogens is 2. The molecule has 0 aliphatic heterocycles. The third-order valence-electron chi connectivity index (χ3n) is 3.75. The van der Waals surface area contributed by atoms with Gasteiger partial charge in [-0.15, -0.1) is 0 Å². The topological polar surface area (TPSA) is 51.8 Å². The van der Waals surface area contributed by atoms with Gasteiger partial charge in [-0.2, -0.15) is 0 Å². The molecule has 1 heterocycles. The minimum atomic E-state index is 0.294. The number of aryl methyl sites for hydroxylation is 2. The van der Waals surface area contributed by atoms with E-state index < -0.39 is 0 Å². The zero-order valence-electron chi connectivity index (χ0n) is 11.5. The van der Waals surface area contributed by atoms with Crippen LogP contribution in [0.15, 0.2) is 11.2 Å². The molecular weight excluding hydrogens is 242 g/mol. The Balaban J connectivity index is 2.06. The third kappa shape index (κ3) is 3.45. The van der Waals surface area contributed by atoms with Crippen LogP contribution in [0.1, 0.15) is 44.0 Å². The SMILES string of the molecule is CCC1CCC(N)C(Sc2nc(C)cc(C)n2)C1. The van der Waals surface area contributed by atoms with Crippen molar-refractivity contribution < 1.29 is 0 Å². The van der Waals surface area contributed by atoms with Crippen molar-refractivity contribution in [2.75, 3.05) is 0 Å². The molecule has 4 heteroatoms. The van der Waals surface area contributed by atoms with Gasteiger partial charge in [0.25, 0.3) is 0 Å². The van der Waals surface area contributed by atoms with Crippen LogP contribution in [0, 0.1) is 19.8 Å². The fraction of sp³-hybridized carbons (Fsp3) is 0.714. The van der Waals surface area contributed by atoms with Gasteiger partial charge in [-0.1, -0.05) is 25.1 Å². The minimum absolute atomic E-state index is 0.294. The molecule has 0 bridgehead atoms. The predicted octanol–water partition coefficient (Wildman–Crippen LogP) is 3.09. The highest BCUT2D eigenvalue weighted by molar-refractivity contribution is 7.99. The second-order valence-corrected chi connectivity index (χ2v) is 6.55. The first-order valence-corrected chi connectivity index (χ1v) is 7.71. The molecule has 3 unspecified atom stereocenters. The first-order chi connectivity index (χ1) is 8.58. The van der Waals surface area contributed by atoms with Gasteiger partial charge in [0.15, 0.2) is 5.16 Å². The average Bonchev–Trinajstić information content (AvgIpc) is 2.30. The highest BCUT2D eigenvalue weighted by atomic mass is 32.2. The van der Waals surface area contributed by atoms with E-state index in [1.54, 1.807) is 11.8 Å². The summed E-state index contributed by atoms with van der Waals surface area (Å²) >= 11 is 1.77. The fourth-order valence-corrected chi connectivity index (χ4v) is 3.97. The lowest BCUT2D eigenvalue weighted by atomic mass is 9.84. The lowest BCUT2D eigenvalue weighted by Gasteiger charge is -2.32. The van der Waals surface area contributed by atoms with E-state index in [2.05, 4.69) is 16.9 Å². The summed E-state index contributed by atoms with van der Waals surface area (Å²) in [5, 5.41) is 1.37. The average molecular weight is 265 g/mol. The van der Waals surface area contributed by atoms with Crippen LogP contribution >= 0.6 is 11.8 Å². The van der Waals surface area contributed by atoms with Crippen LogP contribution in [-0.4, -0.2) is 21.3 Å². The molecule has 0 aromatic carbocycles. The zero-order chi connectivity index (χ0) is 13.1. The Labute approximate surface area is 114 Å². The smallest absolute Gasteiger partial charge is 0.188 e. The molecule has 1 aromatic heterocycles. The molecule has 0 amide bonds. The lowest BCUT2D eigenvalue weighted by Crippen LogP contribution is -2.38. The van der Waals surface area contributed by atoms with Crippen LogP contribution in [0.25, 0.3) is 0 Å². The Morgan fingerprint density at radius 1 is 1.28 bits per heavy atom. The molecule has 1 aromatic rings. The summed E-state index contributed by atoms with van der Waals surface area (Å²) in [6.45, 7) is 6.32. The molecule has 3 nitrogen and oxygen atoms in total. The van der Waals surface area contributed by atoms with Gasteiger partial charge >= 0.3 is 0 Å². The van der Waals surface area contributed by atoms with Crippen LogP contribution in [-0.2, 0) is 0 Å². The second kappa shape index (κ2) is 6.02. The number of hydrogen-bond donors (Lipinski definition) is 1. The maximum absolute atomic E-state index is 6.24. The molecule has 1 fully saturated rings. The Morgan fingerprint density at radius 3 is 2.56 bits per heavy atom. The Hall–Kier alpha value is -0.610. The monoisotopic (exact) mass is 265 g/mol. The number of nitrogens with zero attached hydrogens (tertiary/aromatic N) is 2. The van der Waals surface area contributed by atoms with E-state index in [0.29, 0.717) is 11.3 Å².